The van der Waals surface area contributed by atoms with Crippen LogP contribution in [0.5, 0.6) is 0 Å². The van der Waals surface area contributed by atoms with Crippen molar-refractivity contribution in [3.63, 3.8) is 0 Å². The molecule has 1 heterocycles. The third-order valence-electron chi connectivity index (χ3n) is 4.47. The van der Waals surface area contributed by atoms with Crippen molar-refractivity contribution in [1.29, 1.82) is 0 Å². The molecule has 4 atom stereocenters. The van der Waals surface area contributed by atoms with E-state index in [2.05, 4.69) is 6.92 Å². The second-order valence-corrected chi connectivity index (χ2v) is 6.68. The summed E-state index contributed by atoms with van der Waals surface area (Å²) >= 11 is 0. The number of rotatable bonds is 13. The number of aliphatic hydroxyl groups excluding tert-OH is 3. The van der Waals surface area contributed by atoms with Gasteiger partial charge in [0.05, 0.1) is 6.61 Å². The van der Waals surface area contributed by atoms with Gasteiger partial charge in [0, 0.05) is 6.42 Å². The number of carbonyl (C=O) groups is 1. The van der Waals surface area contributed by atoms with Gasteiger partial charge in [-0.15, -0.1) is 0 Å². The van der Waals surface area contributed by atoms with Crippen LogP contribution in [0.2, 0.25) is 0 Å². The van der Waals surface area contributed by atoms with Crippen molar-refractivity contribution in [2.75, 3.05) is 13.2 Å². The van der Waals surface area contributed by atoms with Crippen LogP contribution >= 0.6 is 0 Å². The van der Waals surface area contributed by atoms with E-state index in [4.69, 9.17) is 9.47 Å². The highest BCUT2D eigenvalue weighted by atomic mass is 16.6. The molecule has 1 aliphatic heterocycles. The topological polar surface area (TPSA) is 96.2 Å². The summed E-state index contributed by atoms with van der Waals surface area (Å²) in [5.41, 5.74) is 0. The molecular weight excluding hydrogens is 312 g/mol. The molecule has 0 aromatic carbocycles. The average Bonchev–Trinajstić information content (AvgIpc) is 2.90. The zero-order chi connectivity index (χ0) is 17.8. The molecule has 0 aromatic heterocycles. The highest BCUT2D eigenvalue weighted by molar-refractivity contribution is 5.69. The Balaban J connectivity index is 1.96. The predicted molar refractivity (Wildman–Crippen MR) is 90.6 cm³/mol. The van der Waals surface area contributed by atoms with Gasteiger partial charge < -0.3 is 24.8 Å². The summed E-state index contributed by atoms with van der Waals surface area (Å²) in [6.45, 7) is 1.98. The molecule has 1 unspecified atom stereocenters. The number of hydrogen-bond acceptors (Lipinski definition) is 6. The summed E-state index contributed by atoms with van der Waals surface area (Å²) < 4.78 is 10.1. The quantitative estimate of drug-likeness (QED) is 0.348. The molecule has 1 aliphatic rings. The molecule has 6 nitrogen and oxygen atoms in total. The smallest absolute Gasteiger partial charge is 0.305 e. The average molecular weight is 346 g/mol. The molecule has 1 saturated heterocycles. The molecule has 0 amide bonds. The van der Waals surface area contributed by atoms with Gasteiger partial charge >= 0.3 is 5.97 Å². The maximum absolute atomic E-state index is 11.6. The van der Waals surface area contributed by atoms with Crippen molar-refractivity contribution < 1.29 is 29.6 Å². The molecule has 0 radical (unpaired) electrons. The van der Waals surface area contributed by atoms with Gasteiger partial charge in [0.2, 0.25) is 0 Å². The minimum Gasteiger partial charge on any atom is -0.463 e. The Hall–Kier alpha value is -0.690. The monoisotopic (exact) mass is 346 g/mol. The number of unbranched alkanes of at least 4 members (excludes halogenated alkanes) is 8. The van der Waals surface area contributed by atoms with E-state index in [1.165, 1.54) is 38.5 Å². The zero-order valence-electron chi connectivity index (χ0n) is 14.9. The molecule has 1 fully saturated rings. The predicted octanol–water partition coefficient (Wildman–Crippen LogP) is 1.93. The fraction of sp³-hybridized carbons (Fsp3) is 0.944. The number of aliphatic hydroxyl groups is 3. The molecule has 142 valence electrons. The number of ether oxygens (including phenoxy) is 2. The highest BCUT2D eigenvalue weighted by Crippen LogP contribution is 2.18. The standard InChI is InChI=1S/C18H34O6/c1-2-3-4-5-6-7-8-9-10-11-16(21)23-13-15(20)18-17(22)14(19)12-24-18/h14-15,17-20,22H,2-13H2,1H3/t14-,15?,17-,18-/m1/s1. The van der Waals surface area contributed by atoms with E-state index in [-0.39, 0.29) is 19.2 Å². The second-order valence-electron chi connectivity index (χ2n) is 6.68. The lowest BCUT2D eigenvalue weighted by atomic mass is 10.1. The van der Waals surface area contributed by atoms with Crippen LogP contribution in [-0.4, -0.2) is 58.9 Å². The summed E-state index contributed by atoms with van der Waals surface area (Å²) in [4.78, 5) is 11.6. The Bertz CT molecular complexity index is 335. The van der Waals surface area contributed by atoms with E-state index >= 15 is 0 Å². The summed E-state index contributed by atoms with van der Waals surface area (Å²) in [6.07, 6.45) is 6.84. The minimum absolute atomic E-state index is 0.0186. The normalized spacial score (nSPS) is 24.9. The molecule has 0 aromatic rings. The first-order valence-electron chi connectivity index (χ1n) is 9.37. The van der Waals surface area contributed by atoms with Gasteiger partial charge in [-0.1, -0.05) is 58.3 Å². The van der Waals surface area contributed by atoms with Crippen LogP contribution in [0.4, 0.5) is 0 Å². The fourth-order valence-corrected chi connectivity index (χ4v) is 2.89. The lowest BCUT2D eigenvalue weighted by molar-refractivity contribution is -0.151. The van der Waals surface area contributed by atoms with Gasteiger partial charge in [0.1, 0.15) is 31.0 Å². The van der Waals surface area contributed by atoms with Crippen LogP contribution in [0.3, 0.4) is 0 Å². The first-order chi connectivity index (χ1) is 11.6. The maximum Gasteiger partial charge on any atom is 0.305 e. The summed E-state index contributed by atoms with van der Waals surface area (Å²) in [5.74, 6) is -0.343. The third-order valence-corrected chi connectivity index (χ3v) is 4.47. The molecule has 0 bridgehead atoms. The zero-order valence-corrected chi connectivity index (χ0v) is 14.9. The van der Waals surface area contributed by atoms with E-state index in [1.807, 2.05) is 0 Å². The lowest BCUT2D eigenvalue weighted by Crippen LogP contribution is -2.41. The Morgan fingerprint density at radius 3 is 2.21 bits per heavy atom. The van der Waals surface area contributed by atoms with Gasteiger partial charge in [-0.25, -0.2) is 0 Å². The maximum atomic E-state index is 11.6. The van der Waals surface area contributed by atoms with Crippen LogP contribution in [0.15, 0.2) is 0 Å². The molecule has 0 saturated carbocycles. The lowest BCUT2D eigenvalue weighted by Gasteiger charge is -2.20. The van der Waals surface area contributed by atoms with E-state index in [0.717, 1.165) is 19.3 Å². The number of esters is 1. The Kier molecular flexibility index (Phi) is 11.2. The van der Waals surface area contributed by atoms with Crippen molar-refractivity contribution in [1.82, 2.24) is 0 Å². The van der Waals surface area contributed by atoms with Crippen LogP contribution < -0.4 is 0 Å². The summed E-state index contributed by atoms with van der Waals surface area (Å²) in [6, 6.07) is 0. The van der Waals surface area contributed by atoms with Gasteiger partial charge in [0.25, 0.3) is 0 Å². The van der Waals surface area contributed by atoms with Crippen LogP contribution in [-0.2, 0) is 14.3 Å². The van der Waals surface area contributed by atoms with Gasteiger partial charge in [0.15, 0.2) is 0 Å². The van der Waals surface area contributed by atoms with E-state index in [1.54, 1.807) is 0 Å². The minimum atomic E-state index is -1.14. The van der Waals surface area contributed by atoms with Crippen molar-refractivity contribution in [2.24, 2.45) is 0 Å². The molecule has 0 aliphatic carbocycles. The van der Waals surface area contributed by atoms with Crippen LogP contribution in [0, 0.1) is 0 Å². The molecule has 0 spiro atoms. The van der Waals surface area contributed by atoms with E-state index in [9.17, 15) is 20.1 Å². The van der Waals surface area contributed by atoms with Crippen molar-refractivity contribution in [2.45, 2.75) is 95.5 Å². The molecule has 6 heteroatoms. The molecular formula is C18H34O6. The first kappa shape index (κ1) is 21.4. The number of hydrogen-bond donors (Lipinski definition) is 3. The van der Waals surface area contributed by atoms with E-state index < -0.39 is 24.4 Å². The number of carbonyl (C=O) groups excluding carboxylic acids is 1. The van der Waals surface area contributed by atoms with Crippen LogP contribution in [0.1, 0.15) is 71.1 Å². The Morgan fingerprint density at radius 1 is 1.08 bits per heavy atom. The molecule has 3 N–H and O–H groups in total. The third kappa shape index (κ3) is 8.42. The fourth-order valence-electron chi connectivity index (χ4n) is 2.89. The van der Waals surface area contributed by atoms with E-state index in [0.29, 0.717) is 6.42 Å². The van der Waals surface area contributed by atoms with Crippen LogP contribution in [0.25, 0.3) is 0 Å². The molecule has 1 rings (SSSR count). The largest absolute Gasteiger partial charge is 0.463 e. The van der Waals surface area contributed by atoms with Crippen molar-refractivity contribution in [3.8, 4) is 0 Å². The Morgan fingerprint density at radius 2 is 1.67 bits per heavy atom. The van der Waals surface area contributed by atoms with Crippen molar-refractivity contribution in [3.05, 3.63) is 0 Å². The highest BCUT2D eigenvalue weighted by Gasteiger charge is 2.39. The SMILES string of the molecule is CCCCCCCCCCCC(=O)OCC(O)[C@H]1OC[C@@H](O)[C@H]1O. The molecule has 24 heavy (non-hydrogen) atoms. The Labute approximate surface area is 145 Å². The first-order valence-corrected chi connectivity index (χ1v) is 9.37. The van der Waals surface area contributed by atoms with Gasteiger partial charge in [-0.3, -0.25) is 4.79 Å². The summed E-state index contributed by atoms with van der Waals surface area (Å²) in [7, 11) is 0. The van der Waals surface area contributed by atoms with Gasteiger partial charge in [-0.05, 0) is 6.42 Å². The second kappa shape index (κ2) is 12.6. The van der Waals surface area contributed by atoms with Crippen molar-refractivity contribution >= 4 is 5.97 Å². The van der Waals surface area contributed by atoms with Gasteiger partial charge in [-0.2, -0.15) is 0 Å². The summed E-state index contributed by atoms with van der Waals surface area (Å²) in [5, 5.41) is 28.8.